The quantitative estimate of drug-likeness (QED) is 0.765. The van der Waals surface area contributed by atoms with Crippen LogP contribution in [0.25, 0.3) is 11.0 Å². The SMILES string of the molecule is Cn1cnc2c(N3CCS(=O)(=O)CC3)cccc21. The van der Waals surface area contributed by atoms with Gasteiger partial charge in [-0.2, -0.15) is 0 Å². The average molecular weight is 265 g/mol. The van der Waals surface area contributed by atoms with E-state index >= 15 is 0 Å². The molecule has 2 heterocycles. The van der Waals surface area contributed by atoms with Gasteiger partial charge in [0.05, 0.1) is 29.0 Å². The Kier molecular flexibility index (Phi) is 2.55. The van der Waals surface area contributed by atoms with Crippen LogP contribution in [0.1, 0.15) is 0 Å². The Labute approximate surface area is 106 Å². The Bertz CT molecular complexity index is 676. The molecule has 18 heavy (non-hydrogen) atoms. The summed E-state index contributed by atoms with van der Waals surface area (Å²) in [6.07, 6.45) is 1.79. The fraction of sp³-hybridized carbons (Fsp3) is 0.417. The van der Waals surface area contributed by atoms with Crippen LogP contribution in [0.2, 0.25) is 0 Å². The third-order valence-corrected chi connectivity index (χ3v) is 5.03. The van der Waals surface area contributed by atoms with Crippen LogP contribution in [0.4, 0.5) is 5.69 Å². The minimum absolute atomic E-state index is 0.232. The first-order chi connectivity index (χ1) is 8.57. The molecule has 0 amide bonds. The summed E-state index contributed by atoms with van der Waals surface area (Å²) >= 11 is 0. The van der Waals surface area contributed by atoms with Crippen LogP contribution in [0.15, 0.2) is 24.5 Å². The van der Waals surface area contributed by atoms with E-state index in [1.807, 2.05) is 29.8 Å². The zero-order valence-corrected chi connectivity index (χ0v) is 11.0. The zero-order chi connectivity index (χ0) is 12.8. The number of benzene rings is 1. The molecule has 0 spiro atoms. The summed E-state index contributed by atoms with van der Waals surface area (Å²) in [5.41, 5.74) is 3.04. The van der Waals surface area contributed by atoms with Crippen molar-refractivity contribution in [3.05, 3.63) is 24.5 Å². The minimum atomic E-state index is -2.84. The van der Waals surface area contributed by atoms with E-state index in [-0.39, 0.29) is 11.5 Å². The molecule has 1 fully saturated rings. The van der Waals surface area contributed by atoms with E-state index in [0.717, 1.165) is 16.7 Å². The maximum Gasteiger partial charge on any atom is 0.153 e. The Morgan fingerprint density at radius 3 is 2.67 bits per heavy atom. The van der Waals surface area contributed by atoms with Crippen LogP contribution >= 0.6 is 0 Å². The van der Waals surface area contributed by atoms with Crippen molar-refractivity contribution in [3.8, 4) is 0 Å². The maximum atomic E-state index is 11.4. The highest BCUT2D eigenvalue weighted by atomic mass is 32.2. The summed E-state index contributed by atoms with van der Waals surface area (Å²) in [6.45, 7) is 1.11. The molecule has 96 valence electrons. The molecule has 1 aromatic heterocycles. The molecule has 2 aromatic rings. The van der Waals surface area contributed by atoms with E-state index in [9.17, 15) is 8.42 Å². The summed E-state index contributed by atoms with van der Waals surface area (Å²) in [4.78, 5) is 6.51. The normalized spacial score (nSPS) is 19.3. The predicted molar refractivity (Wildman–Crippen MR) is 71.6 cm³/mol. The highest BCUT2D eigenvalue weighted by Crippen LogP contribution is 2.26. The Balaban J connectivity index is 2.00. The number of rotatable bonds is 1. The summed E-state index contributed by atoms with van der Waals surface area (Å²) < 4.78 is 24.9. The lowest BCUT2D eigenvalue weighted by Gasteiger charge is -2.28. The van der Waals surface area contributed by atoms with Gasteiger partial charge in [0.25, 0.3) is 0 Å². The third kappa shape index (κ3) is 1.86. The molecule has 0 N–H and O–H groups in total. The second-order valence-electron chi connectivity index (χ2n) is 4.64. The number of para-hydroxylation sites is 1. The highest BCUT2D eigenvalue weighted by molar-refractivity contribution is 7.91. The second-order valence-corrected chi connectivity index (χ2v) is 6.94. The van der Waals surface area contributed by atoms with Crippen LogP contribution in [0, 0.1) is 0 Å². The largest absolute Gasteiger partial charge is 0.368 e. The van der Waals surface area contributed by atoms with Crippen molar-refractivity contribution in [1.82, 2.24) is 9.55 Å². The molecule has 5 nitrogen and oxygen atoms in total. The number of hydrogen-bond donors (Lipinski definition) is 0. The zero-order valence-electron chi connectivity index (χ0n) is 10.2. The molecule has 1 aliphatic rings. The van der Waals surface area contributed by atoms with Crippen LogP contribution in [0.5, 0.6) is 0 Å². The van der Waals surface area contributed by atoms with Crippen molar-refractivity contribution < 1.29 is 8.42 Å². The Hall–Kier alpha value is -1.56. The molecule has 6 heteroatoms. The van der Waals surface area contributed by atoms with Gasteiger partial charge in [-0.25, -0.2) is 13.4 Å². The highest BCUT2D eigenvalue weighted by Gasteiger charge is 2.23. The summed E-state index contributed by atoms with van der Waals surface area (Å²) in [5, 5.41) is 0. The Morgan fingerprint density at radius 2 is 1.94 bits per heavy atom. The van der Waals surface area contributed by atoms with Crippen LogP contribution in [-0.4, -0.2) is 42.6 Å². The predicted octanol–water partition coefficient (Wildman–Crippen LogP) is 0.808. The number of aromatic nitrogens is 2. The topological polar surface area (TPSA) is 55.2 Å². The molecule has 0 unspecified atom stereocenters. The van der Waals surface area contributed by atoms with Gasteiger partial charge in [-0.05, 0) is 12.1 Å². The number of fused-ring (bicyclic) bond motifs is 1. The molecule has 3 rings (SSSR count). The van der Waals surface area contributed by atoms with Gasteiger partial charge in [0.1, 0.15) is 5.52 Å². The molecule has 0 atom stereocenters. The van der Waals surface area contributed by atoms with Crippen LogP contribution < -0.4 is 4.90 Å². The molecule has 0 radical (unpaired) electrons. The number of hydrogen-bond acceptors (Lipinski definition) is 4. The molecule has 1 aliphatic heterocycles. The van der Waals surface area contributed by atoms with E-state index in [1.54, 1.807) is 6.33 Å². The van der Waals surface area contributed by atoms with Crippen molar-refractivity contribution in [1.29, 1.82) is 0 Å². The molecule has 0 saturated carbocycles. The van der Waals surface area contributed by atoms with Gasteiger partial charge in [0.2, 0.25) is 0 Å². The number of imidazole rings is 1. The molecular weight excluding hydrogens is 250 g/mol. The standard InChI is InChI=1S/C12H15N3O2S/c1-14-9-13-12-10(14)3-2-4-11(12)15-5-7-18(16,17)8-6-15/h2-4,9H,5-8H2,1H3. The van der Waals surface area contributed by atoms with Crippen molar-refractivity contribution in [2.75, 3.05) is 29.5 Å². The fourth-order valence-corrected chi connectivity index (χ4v) is 3.55. The first-order valence-corrected chi connectivity index (χ1v) is 7.74. The monoisotopic (exact) mass is 265 g/mol. The van der Waals surface area contributed by atoms with Gasteiger partial charge in [0.15, 0.2) is 9.84 Å². The molecule has 0 aliphatic carbocycles. The average Bonchev–Trinajstić information content (AvgIpc) is 2.72. The lowest BCUT2D eigenvalue weighted by Crippen LogP contribution is -2.40. The summed E-state index contributed by atoms with van der Waals surface area (Å²) in [7, 11) is -0.881. The first kappa shape index (κ1) is 11.5. The van der Waals surface area contributed by atoms with Crippen LogP contribution in [-0.2, 0) is 16.9 Å². The van der Waals surface area contributed by atoms with Crippen molar-refractivity contribution >= 4 is 26.6 Å². The first-order valence-electron chi connectivity index (χ1n) is 5.92. The molecule has 1 aromatic carbocycles. The molecular formula is C12H15N3O2S. The van der Waals surface area contributed by atoms with E-state index < -0.39 is 9.84 Å². The van der Waals surface area contributed by atoms with Gasteiger partial charge < -0.3 is 9.47 Å². The van der Waals surface area contributed by atoms with E-state index in [0.29, 0.717) is 13.1 Å². The van der Waals surface area contributed by atoms with Crippen LogP contribution in [0.3, 0.4) is 0 Å². The van der Waals surface area contributed by atoms with Gasteiger partial charge >= 0.3 is 0 Å². The molecule has 1 saturated heterocycles. The van der Waals surface area contributed by atoms with Crippen molar-refractivity contribution in [2.45, 2.75) is 0 Å². The van der Waals surface area contributed by atoms with E-state index in [2.05, 4.69) is 9.88 Å². The fourth-order valence-electron chi connectivity index (χ4n) is 2.35. The number of sulfone groups is 1. The summed E-state index contributed by atoms with van der Waals surface area (Å²) in [5.74, 6) is 0.465. The van der Waals surface area contributed by atoms with Gasteiger partial charge in [-0.3, -0.25) is 0 Å². The number of nitrogens with zero attached hydrogens (tertiary/aromatic N) is 3. The summed E-state index contributed by atoms with van der Waals surface area (Å²) in [6, 6.07) is 6.02. The van der Waals surface area contributed by atoms with Crippen molar-refractivity contribution in [2.24, 2.45) is 7.05 Å². The smallest absolute Gasteiger partial charge is 0.153 e. The number of aryl methyl sites for hydroxylation is 1. The lowest BCUT2D eigenvalue weighted by molar-refractivity contribution is 0.587. The van der Waals surface area contributed by atoms with Gasteiger partial charge in [-0.1, -0.05) is 6.07 Å². The van der Waals surface area contributed by atoms with Gasteiger partial charge in [-0.15, -0.1) is 0 Å². The lowest BCUT2D eigenvalue weighted by atomic mass is 10.2. The Morgan fingerprint density at radius 1 is 1.22 bits per heavy atom. The van der Waals surface area contributed by atoms with E-state index in [4.69, 9.17) is 0 Å². The van der Waals surface area contributed by atoms with Gasteiger partial charge in [0, 0.05) is 20.1 Å². The van der Waals surface area contributed by atoms with E-state index in [1.165, 1.54) is 0 Å². The molecule has 0 bridgehead atoms. The van der Waals surface area contributed by atoms with Crippen molar-refractivity contribution in [3.63, 3.8) is 0 Å². The minimum Gasteiger partial charge on any atom is -0.368 e. The second kappa shape index (κ2) is 3.98. The third-order valence-electron chi connectivity index (χ3n) is 3.42. The number of anilines is 1. The maximum absolute atomic E-state index is 11.4.